The van der Waals surface area contributed by atoms with Gasteiger partial charge in [-0.15, -0.1) is 0 Å². The fraction of sp³-hybridized carbons (Fsp3) is 0.889. The molecule has 5 nitrogen and oxygen atoms in total. The quantitative estimate of drug-likeness (QED) is 0.603. The van der Waals surface area contributed by atoms with Crippen molar-refractivity contribution in [3.63, 3.8) is 0 Å². The second kappa shape index (κ2) is 8.02. The molecule has 23 heavy (non-hydrogen) atoms. The van der Waals surface area contributed by atoms with E-state index in [1.807, 2.05) is 0 Å². The SMILES string of the molecule is CCNC(=NCC1CC1)NC1CCN(C(=O)C2CCCCC2)C1. The van der Waals surface area contributed by atoms with Crippen LogP contribution in [0.25, 0.3) is 0 Å². The third-order valence-electron chi connectivity index (χ3n) is 5.34. The minimum Gasteiger partial charge on any atom is -0.357 e. The maximum atomic E-state index is 12.6. The number of hydrogen-bond acceptors (Lipinski definition) is 2. The van der Waals surface area contributed by atoms with Crippen molar-refractivity contribution in [1.82, 2.24) is 15.5 Å². The highest BCUT2D eigenvalue weighted by Crippen LogP contribution is 2.29. The van der Waals surface area contributed by atoms with E-state index >= 15 is 0 Å². The van der Waals surface area contributed by atoms with Crippen molar-refractivity contribution < 1.29 is 4.79 Å². The van der Waals surface area contributed by atoms with Gasteiger partial charge in [0.1, 0.15) is 0 Å². The Kier molecular flexibility index (Phi) is 5.79. The van der Waals surface area contributed by atoms with E-state index < -0.39 is 0 Å². The fourth-order valence-corrected chi connectivity index (χ4v) is 3.72. The number of hydrogen-bond donors (Lipinski definition) is 2. The van der Waals surface area contributed by atoms with Crippen molar-refractivity contribution in [2.45, 2.75) is 64.3 Å². The van der Waals surface area contributed by atoms with E-state index in [0.29, 0.717) is 17.9 Å². The largest absolute Gasteiger partial charge is 0.357 e. The van der Waals surface area contributed by atoms with Crippen molar-refractivity contribution in [3.05, 3.63) is 0 Å². The van der Waals surface area contributed by atoms with E-state index in [1.165, 1.54) is 32.1 Å². The molecule has 0 bridgehead atoms. The van der Waals surface area contributed by atoms with Gasteiger partial charge in [-0.2, -0.15) is 0 Å². The van der Waals surface area contributed by atoms with Crippen LogP contribution in [-0.2, 0) is 4.79 Å². The lowest BCUT2D eigenvalue weighted by Crippen LogP contribution is -2.45. The Balaban J connectivity index is 1.47. The highest BCUT2D eigenvalue weighted by atomic mass is 16.2. The van der Waals surface area contributed by atoms with Gasteiger partial charge in [0.05, 0.1) is 0 Å². The molecule has 3 rings (SSSR count). The Labute approximate surface area is 140 Å². The average molecular weight is 320 g/mol. The Morgan fingerprint density at radius 1 is 1.13 bits per heavy atom. The van der Waals surface area contributed by atoms with Gasteiger partial charge in [-0.3, -0.25) is 9.79 Å². The minimum absolute atomic E-state index is 0.291. The smallest absolute Gasteiger partial charge is 0.225 e. The molecule has 1 amide bonds. The van der Waals surface area contributed by atoms with Crippen LogP contribution in [0.2, 0.25) is 0 Å². The molecule has 0 aromatic rings. The lowest BCUT2D eigenvalue weighted by atomic mass is 9.88. The maximum absolute atomic E-state index is 12.6. The molecule has 1 heterocycles. The molecule has 3 aliphatic rings. The number of carbonyl (C=O) groups is 1. The summed E-state index contributed by atoms with van der Waals surface area (Å²) >= 11 is 0. The molecule has 130 valence electrons. The van der Waals surface area contributed by atoms with Crippen molar-refractivity contribution in [2.75, 3.05) is 26.2 Å². The van der Waals surface area contributed by atoms with Crippen LogP contribution in [0.15, 0.2) is 4.99 Å². The van der Waals surface area contributed by atoms with Gasteiger partial charge in [0.15, 0.2) is 5.96 Å². The van der Waals surface area contributed by atoms with Gasteiger partial charge in [-0.05, 0) is 44.9 Å². The Morgan fingerprint density at radius 2 is 1.91 bits per heavy atom. The molecule has 2 saturated carbocycles. The summed E-state index contributed by atoms with van der Waals surface area (Å²) in [6.07, 6.45) is 9.64. The van der Waals surface area contributed by atoms with Crippen LogP contribution < -0.4 is 10.6 Å². The number of likely N-dealkylation sites (tertiary alicyclic amines) is 1. The predicted octanol–water partition coefficient (Wildman–Crippen LogP) is 2.13. The summed E-state index contributed by atoms with van der Waals surface area (Å²) in [5, 5.41) is 6.87. The Bertz CT molecular complexity index is 427. The van der Waals surface area contributed by atoms with E-state index in [1.54, 1.807) is 0 Å². The standard InChI is InChI=1S/C18H32N4O/c1-2-19-18(20-12-14-8-9-14)21-16-10-11-22(13-16)17(23)15-6-4-3-5-7-15/h14-16H,2-13H2,1H3,(H2,19,20,21). The van der Waals surface area contributed by atoms with Crippen LogP contribution >= 0.6 is 0 Å². The van der Waals surface area contributed by atoms with E-state index in [9.17, 15) is 4.79 Å². The molecule has 1 saturated heterocycles. The number of nitrogens with one attached hydrogen (secondary N) is 2. The van der Waals surface area contributed by atoms with Gasteiger partial charge >= 0.3 is 0 Å². The summed E-state index contributed by atoms with van der Waals surface area (Å²) in [7, 11) is 0. The minimum atomic E-state index is 0.291. The Morgan fingerprint density at radius 3 is 2.61 bits per heavy atom. The van der Waals surface area contributed by atoms with Crippen LogP contribution in [-0.4, -0.2) is 49.0 Å². The molecule has 3 fully saturated rings. The highest BCUT2D eigenvalue weighted by Gasteiger charge is 2.31. The highest BCUT2D eigenvalue weighted by molar-refractivity contribution is 5.81. The number of guanidine groups is 1. The second-order valence-electron chi connectivity index (χ2n) is 7.41. The first kappa shape index (κ1) is 16.6. The zero-order valence-electron chi connectivity index (χ0n) is 14.5. The molecule has 2 N–H and O–H groups in total. The molecule has 5 heteroatoms. The normalized spacial score (nSPS) is 26.4. The van der Waals surface area contributed by atoms with Gasteiger partial charge in [0, 0.05) is 38.1 Å². The topological polar surface area (TPSA) is 56.7 Å². The third-order valence-corrected chi connectivity index (χ3v) is 5.34. The van der Waals surface area contributed by atoms with E-state index in [-0.39, 0.29) is 0 Å². The first-order valence-electron chi connectivity index (χ1n) is 9.60. The summed E-state index contributed by atoms with van der Waals surface area (Å²) in [6.45, 7) is 5.65. The molecule has 0 radical (unpaired) electrons. The zero-order chi connectivity index (χ0) is 16.1. The predicted molar refractivity (Wildman–Crippen MR) is 93.4 cm³/mol. The zero-order valence-corrected chi connectivity index (χ0v) is 14.5. The fourth-order valence-electron chi connectivity index (χ4n) is 3.72. The molecule has 0 aromatic carbocycles. The van der Waals surface area contributed by atoms with Gasteiger partial charge in [-0.25, -0.2) is 0 Å². The molecule has 1 unspecified atom stereocenters. The second-order valence-corrected chi connectivity index (χ2v) is 7.41. The third kappa shape index (κ3) is 4.85. The van der Waals surface area contributed by atoms with Gasteiger partial charge in [-0.1, -0.05) is 19.3 Å². The van der Waals surface area contributed by atoms with Crippen molar-refractivity contribution in [3.8, 4) is 0 Å². The number of carbonyl (C=O) groups excluding carboxylic acids is 1. The van der Waals surface area contributed by atoms with E-state index in [4.69, 9.17) is 0 Å². The summed E-state index contributed by atoms with van der Waals surface area (Å²) in [6, 6.07) is 0.347. The summed E-state index contributed by atoms with van der Waals surface area (Å²) < 4.78 is 0. The molecule has 2 aliphatic carbocycles. The van der Waals surface area contributed by atoms with Gasteiger partial charge in [0.25, 0.3) is 0 Å². The molecular formula is C18H32N4O. The summed E-state index contributed by atoms with van der Waals surface area (Å²) in [5.74, 6) is 2.42. The molecule has 1 aliphatic heterocycles. The van der Waals surface area contributed by atoms with Crippen molar-refractivity contribution >= 4 is 11.9 Å². The van der Waals surface area contributed by atoms with Crippen LogP contribution in [0.3, 0.4) is 0 Å². The van der Waals surface area contributed by atoms with Crippen molar-refractivity contribution in [1.29, 1.82) is 0 Å². The lowest BCUT2D eigenvalue weighted by molar-refractivity contribution is -0.135. The van der Waals surface area contributed by atoms with E-state index in [0.717, 1.165) is 57.3 Å². The number of nitrogens with zero attached hydrogens (tertiary/aromatic N) is 2. The molecule has 0 spiro atoms. The van der Waals surface area contributed by atoms with E-state index in [2.05, 4.69) is 27.4 Å². The van der Waals surface area contributed by atoms with Crippen LogP contribution in [0.4, 0.5) is 0 Å². The van der Waals surface area contributed by atoms with Crippen LogP contribution in [0.1, 0.15) is 58.3 Å². The first-order chi connectivity index (χ1) is 11.3. The number of amides is 1. The van der Waals surface area contributed by atoms with Gasteiger partial charge < -0.3 is 15.5 Å². The average Bonchev–Trinajstić information content (AvgIpc) is 3.30. The number of aliphatic imine (C=N–C) groups is 1. The summed E-state index contributed by atoms with van der Waals surface area (Å²) in [4.78, 5) is 19.4. The Hall–Kier alpha value is -1.26. The summed E-state index contributed by atoms with van der Waals surface area (Å²) in [5.41, 5.74) is 0. The van der Waals surface area contributed by atoms with Crippen LogP contribution in [0, 0.1) is 11.8 Å². The molecule has 0 aromatic heterocycles. The molecular weight excluding hydrogens is 288 g/mol. The van der Waals surface area contributed by atoms with Crippen LogP contribution in [0.5, 0.6) is 0 Å². The first-order valence-corrected chi connectivity index (χ1v) is 9.60. The van der Waals surface area contributed by atoms with Crippen molar-refractivity contribution in [2.24, 2.45) is 16.8 Å². The maximum Gasteiger partial charge on any atom is 0.225 e. The molecule has 1 atom stereocenters. The number of rotatable bonds is 5. The van der Waals surface area contributed by atoms with Gasteiger partial charge in [0.2, 0.25) is 5.91 Å². The lowest BCUT2D eigenvalue weighted by Gasteiger charge is -2.26. The monoisotopic (exact) mass is 320 g/mol.